The number of benzene rings is 2. The highest BCUT2D eigenvalue weighted by Gasteiger charge is 2.01. The second-order valence-electron chi connectivity index (χ2n) is 5.58. The molecule has 3 nitrogen and oxygen atoms in total. The smallest absolute Gasteiger partial charge is 0.244 e. The number of rotatable bonds is 6. The number of hydrogen-bond acceptors (Lipinski definition) is 2. The summed E-state index contributed by atoms with van der Waals surface area (Å²) in [7, 11) is 0. The first-order chi connectivity index (χ1) is 11.1. The SMILES string of the molecule is Cc1ccc(/C=C/C(=O)NCCOc2cccc(C)c2C)cc1. The molecule has 0 aliphatic rings. The Balaban J connectivity index is 1.74. The molecule has 3 heteroatoms. The molecular weight excluding hydrogens is 286 g/mol. The molecule has 0 saturated heterocycles. The van der Waals surface area contributed by atoms with E-state index in [0.717, 1.165) is 16.9 Å². The molecule has 0 radical (unpaired) electrons. The maximum absolute atomic E-state index is 11.8. The average Bonchev–Trinajstić information content (AvgIpc) is 2.55. The first-order valence-corrected chi connectivity index (χ1v) is 7.78. The van der Waals surface area contributed by atoms with Gasteiger partial charge in [-0.25, -0.2) is 0 Å². The summed E-state index contributed by atoms with van der Waals surface area (Å²) >= 11 is 0. The summed E-state index contributed by atoms with van der Waals surface area (Å²) in [6.07, 6.45) is 3.35. The van der Waals surface area contributed by atoms with E-state index in [0.29, 0.717) is 13.2 Å². The van der Waals surface area contributed by atoms with Crippen LogP contribution in [0.15, 0.2) is 48.5 Å². The molecule has 0 aliphatic carbocycles. The Kier molecular flexibility index (Phi) is 5.98. The van der Waals surface area contributed by atoms with Crippen LogP contribution in [0.3, 0.4) is 0 Å². The molecule has 0 aliphatic heterocycles. The van der Waals surface area contributed by atoms with E-state index in [4.69, 9.17) is 4.74 Å². The van der Waals surface area contributed by atoms with Crippen LogP contribution in [0.1, 0.15) is 22.3 Å². The highest BCUT2D eigenvalue weighted by Crippen LogP contribution is 2.20. The van der Waals surface area contributed by atoms with Crippen LogP contribution in [-0.2, 0) is 4.79 Å². The summed E-state index contributed by atoms with van der Waals surface area (Å²) in [5, 5.41) is 2.82. The molecule has 0 fully saturated rings. The van der Waals surface area contributed by atoms with Crippen molar-refractivity contribution in [2.45, 2.75) is 20.8 Å². The van der Waals surface area contributed by atoms with Crippen LogP contribution >= 0.6 is 0 Å². The van der Waals surface area contributed by atoms with Crippen LogP contribution in [0.2, 0.25) is 0 Å². The number of ether oxygens (including phenoxy) is 1. The molecule has 0 atom stereocenters. The quantitative estimate of drug-likeness (QED) is 0.651. The van der Waals surface area contributed by atoms with Crippen molar-refractivity contribution in [1.29, 1.82) is 0 Å². The van der Waals surface area contributed by atoms with E-state index in [1.165, 1.54) is 11.1 Å². The van der Waals surface area contributed by atoms with E-state index in [9.17, 15) is 4.79 Å². The first-order valence-electron chi connectivity index (χ1n) is 7.78. The summed E-state index contributed by atoms with van der Waals surface area (Å²) in [6, 6.07) is 14.0. The van der Waals surface area contributed by atoms with E-state index < -0.39 is 0 Å². The van der Waals surface area contributed by atoms with Gasteiger partial charge in [0.25, 0.3) is 0 Å². The van der Waals surface area contributed by atoms with Crippen molar-refractivity contribution in [3.05, 3.63) is 70.8 Å². The topological polar surface area (TPSA) is 38.3 Å². The van der Waals surface area contributed by atoms with Crippen LogP contribution in [0.5, 0.6) is 5.75 Å². The Morgan fingerprint density at radius 2 is 1.83 bits per heavy atom. The van der Waals surface area contributed by atoms with Gasteiger partial charge in [0.2, 0.25) is 5.91 Å². The Morgan fingerprint density at radius 1 is 1.09 bits per heavy atom. The van der Waals surface area contributed by atoms with Crippen molar-refractivity contribution in [1.82, 2.24) is 5.32 Å². The molecule has 23 heavy (non-hydrogen) atoms. The van der Waals surface area contributed by atoms with Crippen LogP contribution in [-0.4, -0.2) is 19.1 Å². The molecule has 0 aromatic heterocycles. The zero-order valence-electron chi connectivity index (χ0n) is 13.9. The molecule has 0 bridgehead atoms. The molecule has 0 saturated carbocycles. The minimum absolute atomic E-state index is 0.116. The van der Waals surface area contributed by atoms with Crippen molar-refractivity contribution in [3.63, 3.8) is 0 Å². The minimum Gasteiger partial charge on any atom is -0.491 e. The Morgan fingerprint density at radius 3 is 2.57 bits per heavy atom. The van der Waals surface area contributed by atoms with Gasteiger partial charge in [-0.1, -0.05) is 42.0 Å². The van der Waals surface area contributed by atoms with Gasteiger partial charge in [-0.05, 0) is 49.6 Å². The highest BCUT2D eigenvalue weighted by molar-refractivity contribution is 5.91. The van der Waals surface area contributed by atoms with E-state index in [-0.39, 0.29) is 5.91 Å². The molecule has 2 aromatic carbocycles. The third kappa shape index (κ3) is 5.29. The Bertz CT molecular complexity index is 687. The molecule has 1 amide bonds. The lowest BCUT2D eigenvalue weighted by atomic mass is 10.1. The van der Waals surface area contributed by atoms with Crippen LogP contribution in [0, 0.1) is 20.8 Å². The number of carbonyl (C=O) groups excluding carboxylic acids is 1. The van der Waals surface area contributed by atoms with Gasteiger partial charge in [0, 0.05) is 6.08 Å². The molecule has 0 heterocycles. The van der Waals surface area contributed by atoms with Crippen molar-refractivity contribution >= 4 is 12.0 Å². The summed E-state index contributed by atoms with van der Waals surface area (Å²) in [5.41, 5.74) is 4.55. The monoisotopic (exact) mass is 309 g/mol. The van der Waals surface area contributed by atoms with E-state index >= 15 is 0 Å². The fourth-order valence-corrected chi connectivity index (χ4v) is 2.12. The largest absolute Gasteiger partial charge is 0.491 e. The van der Waals surface area contributed by atoms with E-state index in [1.54, 1.807) is 12.2 Å². The summed E-state index contributed by atoms with van der Waals surface area (Å²) in [6.45, 7) is 7.06. The number of carbonyl (C=O) groups is 1. The van der Waals surface area contributed by atoms with Crippen molar-refractivity contribution in [2.24, 2.45) is 0 Å². The second-order valence-corrected chi connectivity index (χ2v) is 5.58. The van der Waals surface area contributed by atoms with Gasteiger partial charge < -0.3 is 10.1 Å². The molecule has 1 N–H and O–H groups in total. The van der Waals surface area contributed by atoms with Gasteiger partial charge in [-0.15, -0.1) is 0 Å². The van der Waals surface area contributed by atoms with Crippen molar-refractivity contribution in [2.75, 3.05) is 13.2 Å². The highest BCUT2D eigenvalue weighted by atomic mass is 16.5. The second kappa shape index (κ2) is 8.18. The molecular formula is C20H23NO2. The minimum atomic E-state index is -0.116. The standard InChI is InChI=1S/C20H23NO2/c1-15-7-9-18(10-8-15)11-12-20(22)21-13-14-23-19-6-4-5-16(2)17(19)3/h4-12H,13-14H2,1-3H3,(H,21,22)/b12-11+. The maximum atomic E-state index is 11.8. The molecule has 0 spiro atoms. The number of nitrogens with one attached hydrogen (secondary N) is 1. The number of aryl methyl sites for hydroxylation is 2. The first kappa shape index (κ1) is 16.8. The molecule has 120 valence electrons. The zero-order chi connectivity index (χ0) is 16.7. The van der Waals surface area contributed by atoms with Gasteiger partial charge in [-0.2, -0.15) is 0 Å². The normalized spacial score (nSPS) is 10.7. The average molecular weight is 309 g/mol. The van der Waals surface area contributed by atoms with Crippen LogP contribution in [0.4, 0.5) is 0 Å². The van der Waals surface area contributed by atoms with E-state index in [1.807, 2.05) is 50.2 Å². The lowest BCUT2D eigenvalue weighted by Gasteiger charge is -2.10. The third-order valence-corrected chi connectivity index (χ3v) is 3.72. The van der Waals surface area contributed by atoms with E-state index in [2.05, 4.69) is 18.3 Å². The number of amides is 1. The van der Waals surface area contributed by atoms with Gasteiger partial charge >= 0.3 is 0 Å². The maximum Gasteiger partial charge on any atom is 0.244 e. The summed E-state index contributed by atoms with van der Waals surface area (Å²) < 4.78 is 5.71. The Hall–Kier alpha value is -2.55. The lowest BCUT2D eigenvalue weighted by Crippen LogP contribution is -2.26. The van der Waals surface area contributed by atoms with Crippen molar-refractivity contribution < 1.29 is 9.53 Å². The zero-order valence-corrected chi connectivity index (χ0v) is 13.9. The Labute approximate surface area is 138 Å². The summed E-state index contributed by atoms with van der Waals surface area (Å²) in [4.78, 5) is 11.8. The fourth-order valence-electron chi connectivity index (χ4n) is 2.12. The lowest BCUT2D eigenvalue weighted by molar-refractivity contribution is -0.116. The van der Waals surface area contributed by atoms with Crippen molar-refractivity contribution in [3.8, 4) is 5.75 Å². The molecule has 2 aromatic rings. The van der Waals surface area contributed by atoms with Gasteiger partial charge in [0.05, 0.1) is 6.54 Å². The summed E-state index contributed by atoms with van der Waals surface area (Å²) in [5.74, 6) is 0.754. The third-order valence-electron chi connectivity index (χ3n) is 3.72. The molecule has 2 rings (SSSR count). The van der Waals surface area contributed by atoms with Crippen LogP contribution in [0.25, 0.3) is 6.08 Å². The predicted octanol–water partition coefficient (Wildman–Crippen LogP) is 3.82. The number of hydrogen-bond donors (Lipinski definition) is 1. The van der Waals surface area contributed by atoms with Gasteiger partial charge in [0.1, 0.15) is 12.4 Å². The van der Waals surface area contributed by atoms with Crippen LogP contribution < -0.4 is 10.1 Å². The molecule has 0 unspecified atom stereocenters. The predicted molar refractivity (Wildman–Crippen MR) is 94.6 cm³/mol. The fraction of sp³-hybridized carbons (Fsp3) is 0.250. The van der Waals surface area contributed by atoms with Gasteiger partial charge in [0.15, 0.2) is 0 Å². The van der Waals surface area contributed by atoms with Gasteiger partial charge in [-0.3, -0.25) is 4.79 Å².